The Balaban J connectivity index is 2.32. The summed E-state index contributed by atoms with van der Waals surface area (Å²) in [5, 5.41) is 20.5. The van der Waals surface area contributed by atoms with Crippen molar-refractivity contribution in [2.75, 3.05) is 13.2 Å². The maximum Gasteiger partial charge on any atom is 0.267 e. The third-order valence-corrected chi connectivity index (χ3v) is 2.83. The van der Waals surface area contributed by atoms with E-state index in [4.69, 9.17) is 22.0 Å². The highest BCUT2D eigenvalue weighted by Gasteiger charge is 2.12. The Hall–Kier alpha value is -2.36. The number of pyridine rings is 1. The molecule has 0 saturated heterocycles. The summed E-state index contributed by atoms with van der Waals surface area (Å²) in [4.78, 5) is 18.4. The molecular weight excluding hydrogens is 280 g/mol. The number of nitrogens with zero attached hydrogens (tertiary/aromatic N) is 2. The number of hydrogen-bond donors (Lipinski definition) is 3. The third-order valence-electron chi connectivity index (χ3n) is 2.63. The van der Waals surface area contributed by atoms with Crippen LogP contribution in [0.1, 0.15) is 16.1 Å². The molecule has 0 aliphatic rings. The monoisotopic (exact) mass is 290 g/mol. The van der Waals surface area contributed by atoms with Crippen LogP contribution in [-0.4, -0.2) is 34.1 Å². The molecule has 2 rings (SSSR count). The third kappa shape index (κ3) is 2.96. The number of H-pyrrole nitrogens is 1. The smallest absolute Gasteiger partial charge is 0.267 e. The molecule has 2 heterocycles. The number of aliphatic hydroxyl groups is 1. The molecule has 2 aromatic rings. The number of halogens is 1. The minimum Gasteiger partial charge on any atom is -0.395 e. The lowest BCUT2D eigenvalue weighted by Gasteiger charge is -2.01. The molecule has 0 fully saturated rings. The fraction of sp³-hybridized carbons (Fsp3) is 0.154. The molecule has 6 nitrogen and oxygen atoms in total. The summed E-state index contributed by atoms with van der Waals surface area (Å²) >= 11 is 5.82. The first-order valence-corrected chi connectivity index (χ1v) is 6.17. The molecule has 0 spiro atoms. The van der Waals surface area contributed by atoms with Gasteiger partial charge in [0.25, 0.3) is 5.91 Å². The number of rotatable bonds is 4. The van der Waals surface area contributed by atoms with Crippen LogP contribution in [0.3, 0.4) is 0 Å². The zero-order valence-electron chi connectivity index (χ0n) is 10.4. The number of aliphatic hydroxyl groups excluding tert-OH is 1. The van der Waals surface area contributed by atoms with E-state index in [0.717, 1.165) is 0 Å². The number of carbonyl (C=O) groups is 1. The Morgan fingerprint density at radius 3 is 3.05 bits per heavy atom. The molecule has 20 heavy (non-hydrogen) atoms. The second-order valence-electron chi connectivity index (χ2n) is 3.95. The van der Waals surface area contributed by atoms with Gasteiger partial charge in [-0.25, -0.2) is 4.98 Å². The van der Waals surface area contributed by atoms with Crippen LogP contribution < -0.4 is 5.32 Å². The van der Waals surface area contributed by atoms with E-state index in [1.54, 1.807) is 18.3 Å². The second kappa shape index (κ2) is 6.19. The zero-order valence-corrected chi connectivity index (χ0v) is 11.1. The van der Waals surface area contributed by atoms with Crippen LogP contribution in [0.25, 0.3) is 11.1 Å². The van der Waals surface area contributed by atoms with E-state index in [1.165, 1.54) is 6.20 Å². The average Bonchev–Trinajstić information content (AvgIpc) is 2.94. The highest BCUT2D eigenvalue weighted by Crippen LogP contribution is 2.25. The van der Waals surface area contributed by atoms with Gasteiger partial charge in [-0.3, -0.25) is 4.79 Å². The van der Waals surface area contributed by atoms with Crippen molar-refractivity contribution in [3.8, 4) is 17.2 Å². The maximum atomic E-state index is 11.7. The van der Waals surface area contributed by atoms with Crippen LogP contribution in [0.15, 0.2) is 24.5 Å². The van der Waals surface area contributed by atoms with Crippen LogP contribution in [-0.2, 0) is 0 Å². The van der Waals surface area contributed by atoms with E-state index >= 15 is 0 Å². The molecule has 0 radical (unpaired) electrons. The van der Waals surface area contributed by atoms with Gasteiger partial charge in [-0.1, -0.05) is 11.6 Å². The zero-order chi connectivity index (χ0) is 14.5. The van der Waals surface area contributed by atoms with Gasteiger partial charge in [0.15, 0.2) is 0 Å². The van der Waals surface area contributed by atoms with Gasteiger partial charge in [-0.2, -0.15) is 5.26 Å². The summed E-state index contributed by atoms with van der Waals surface area (Å²) in [5.74, 6) is -0.330. The largest absolute Gasteiger partial charge is 0.395 e. The van der Waals surface area contributed by atoms with Crippen molar-refractivity contribution >= 4 is 17.5 Å². The van der Waals surface area contributed by atoms with Gasteiger partial charge in [0.05, 0.1) is 12.2 Å². The number of nitriles is 1. The van der Waals surface area contributed by atoms with Crippen LogP contribution in [0.5, 0.6) is 0 Å². The van der Waals surface area contributed by atoms with Gasteiger partial charge in [0, 0.05) is 30.1 Å². The highest BCUT2D eigenvalue weighted by atomic mass is 35.5. The van der Waals surface area contributed by atoms with Crippen molar-refractivity contribution in [1.29, 1.82) is 5.26 Å². The maximum absolute atomic E-state index is 11.7. The molecule has 0 saturated carbocycles. The minimum atomic E-state index is -0.330. The van der Waals surface area contributed by atoms with E-state index in [2.05, 4.69) is 15.3 Å². The molecule has 0 aliphatic heterocycles. The molecule has 0 bridgehead atoms. The Bertz CT molecular complexity index is 675. The topological polar surface area (TPSA) is 102 Å². The van der Waals surface area contributed by atoms with Gasteiger partial charge in [0.2, 0.25) is 0 Å². The van der Waals surface area contributed by atoms with Gasteiger partial charge in [-0.15, -0.1) is 0 Å². The highest BCUT2D eigenvalue weighted by molar-refractivity contribution is 6.29. The lowest BCUT2D eigenvalue weighted by atomic mass is 10.1. The molecule has 1 amide bonds. The van der Waals surface area contributed by atoms with Crippen LogP contribution in [0.4, 0.5) is 0 Å². The lowest BCUT2D eigenvalue weighted by molar-refractivity contribution is 0.0940. The minimum absolute atomic E-state index is 0.127. The van der Waals surface area contributed by atoms with Crippen molar-refractivity contribution < 1.29 is 9.90 Å². The Morgan fingerprint density at radius 2 is 2.35 bits per heavy atom. The molecule has 2 aromatic heterocycles. The molecule has 7 heteroatoms. The lowest BCUT2D eigenvalue weighted by Crippen LogP contribution is -2.26. The quantitative estimate of drug-likeness (QED) is 0.739. The number of carbonyl (C=O) groups excluding carboxylic acids is 1. The van der Waals surface area contributed by atoms with Gasteiger partial charge in [0.1, 0.15) is 16.9 Å². The summed E-state index contributed by atoms with van der Waals surface area (Å²) in [7, 11) is 0. The molecule has 0 atom stereocenters. The number of aromatic amines is 1. The molecule has 0 aromatic carbocycles. The van der Waals surface area contributed by atoms with E-state index in [-0.39, 0.29) is 24.2 Å². The van der Waals surface area contributed by atoms with Crippen molar-refractivity contribution in [2.45, 2.75) is 0 Å². The first-order valence-electron chi connectivity index (χ1n) is 5.79. The van der Waals surface area contributed by atoms with Gasteiger partial charge in [-0.05, 0) is 12.1 Å². The predicted molar refractivity (Wildman–Crippen MR) is 73.2 cm³/mol. The number of aromatic nitrogens is 2. The molecule has 0 unspecified atom stereocenters. The van der Waals surface area contributed by atoms with Crippen molar-refractivity contribution in [3.63, 3.8) is 0 Å². The summed E-state index contributed by atoms with van der Waals surface area (Å²) in [5.41, 5.74) is 1.98. The summed E-state index contributed by atoms with van der Waals surface area (Å²) < 4.78 is 0. The van der Waals surface area contributed by atoms with Crippen LogP contribution in [0.2, 0.25) is 5.15 Å². The fourth-order valence-electron chi connectivity index (χ4n) is 1.70. The van der Waals surface area contributed by atoms with Crippen LogP contribution >= 0.6 is 11.6 Å². The fourth-order valence-corrected chi connectivity index (χ4v) is 1.86. The van der Waals surface area contributed by atoms with Crippen molar-refractivity contribution in [2.24, 2.45) is 0 Å². The predicted octanol–water partition coefficient (Wildman–Crippen LogP) is 1.32. The Labute approximate surface area is 120 Å². The van der Waals surface area contributed by atoms with E-state index in [1.807, 2.05) is 6.07 Å². The van der Waals surface area contributed by atoms with Crippen molar-refractivity contribution in [1.82, 2.24) is 15.3 Å². The molecular formula is C13H11ClN4O2. The summed E-state index contributed by atoms with van der Waals surface area (Å²) in [6.45, 7) is 0.0512. The normalized spacial score (nSPS) is 10.1. The number of amides is 1. The first-order chi connectivity index (χ1) is 9.65. The Morgan fingerprint density at radius 1 is 1.55 bits per heavy atom. The summed E-state index contributed by atoms with van der Waals surface area (Å²) in [6, 6.07) is 5.20. The Kier molecular flexibility index (Phi) is 4.35. The van der Waals surface area contributed by atoms with E-state index < -0.39 is 0 Å². The first kappa shape index (κ1) is 14.1. The SMILES string of the molecule is N#Cc1cnc(Cl)cc1-c1c[nH]c(C(=O)NCCO)c1. The average molecular weight is 291 g/mol. The van der Waals surface area contributed by atoms with E-state index in [0.29, 0.717) is 22.4 Å². The second-order valence-corrected chi connectivity index (χ2v) is 4.33. The van der Waals surface area contributed by atoms with Crippen LogP contribution in [0, 0.1) is 11.3 Å². The number of hydrogen-bond acceptors (Lipinski definition) is 4. The van der Waals surface area contributed by atoms with Gasteiger partial charge < -0.3 is 15.4 Å². The number of nitrogens with one attached hydrogen (secondary N) is 2. The van der Waals surface area contributed by atoms with Crippen molar-refractivity contribution in [3.05, 3.63) is 40.9 Å². The van der Waals surface area contributed by atoms with Gasteiger partial charge >= 0.3 is 0 Å². The summed E-state index contributed by atoms with van der Waals surface area (Å²) in [6.07, 6.45) is 3.00. The molecule has 102 valence electrons. The molecule has 0 aliphatic carbocycles. The standard InChI is InChI=1S/C13H11ClN4O2/c14-12-4-10(9(5-15)7-18-12)8-3-11(17-6-8)13(20)16-1-2-19/h3-4,6-7,17,19H,1-2H2,(H,16,20). The molecule has 3 N–H and O–H groups in total. The van der Waals surface area contributed by atoms with E-state index in [9.17, 15) is 4.79 Å².